The Morgan fingerprint density at radius 2 is 1.85 bits per heavy atom. The molecule has 0 amide bonds. The van der Waals surface area contributed by atoms with Crippen molar-refractivity contribution in [2.24, 2.45) is 0 Å². The van der Waals surface area contributed by atoms with Gasteiger partial charge in [-0.2, -0.15) is 0 Å². The molecule has 0 unspecified atom stereocenters. The van der Waals surface area contributed by atoms with Crippen molar-refractivity contribution in [3.63, 3.8) is 0 Å². The fourth-order valence-electron chi connectivity index (χ4n) is 2.44. The molecule has 2 N–H and O–H groups in total. The second kappa shape index (κ2) is 5.54. The van der Waals surface area contributed by atoms with Gasteiger partial charge < -0.3 is 15.5 Å². The molecule has 6 heteroatoms. The summed E-state index contributed by atoms with van der Waals surface area (Å²) in [6, 6.07) is 7.98. The Balaban J connectivity index is 1.70. The topological polar surface area (TPSA) is 58.3 Å². The molecule has 3 rings (SSSR count). The van der Waals surface area contributed by atoms with Gasteiger partial charge in [0.1, 0.15) is 11.3 Å². The van der Waals surface area contributed by atoms with Crippen LogP contribution in [0.15, 0.2) is 36.8 Å². The van der Waals surface area contributed by atoms with Crippen LogP contribution in [-0.4, -0.2) is 36.1 Å². The summed E-state index contributed by atoms with van der Waals surface area (Å²) in [6.45, 7) is 3.60. The molecule has 0 atom stereocenters. The quantitative estimate of drug-likeness (QED) is 0.858. The summed E-state index contributed by atoms with van der Waals surface area (Å²) in [7, 11) is 0. The Kier molecular flexibility index (Phi) is 3.60. The maximum Gasteiger partial charge on any atom is 0.150 e. The van der Waals surface area contributed by atoms with Crippen molar-refractivity contribution in [3.8, 4) is 0 Å². The molecule has 0 bridgehead atoms. The van der Waals surface area contributed by atoms with Crippen LogP contribution in [0, 0.1) is 0 Å². The third-order valence-corrected chi connectivity index (χ3v) is 3.73. The van der Waals surface area contributed by atoms with Crippen LogP contribution in [0.4, 0.5) is 17.2 Å². The number of anilines is 3. The van der Waals surface area contributed by atoms with E-state index in [1.807, 2.05) is 18.2 Å². The van der Waals surface area contributed by atoms with Gasteiger partial charge in [-0.3, -0.25) is 0 Å². The number of hydrogen-bond acceptors (Lipinski definition) is 5. The molecule has 1 aromatic heterocycles. The van der Waals surface area contributed by atoms with Crippen LogP contribution in [0.25, 0.3) is 0 Å². The monoisotopic (exact) mass is 289 g/mol. The fourth-order valence-corrected chi connectivity index (χ4v) is 2.66. The van der Waals surface area contributed by atoms with Crippen LogP contribution in [0.1, 0.15) is 0 Å². The van der Waals surface area contributed by atoms with Crippen molar-refractivity contribution >= 4 is 28.8 Å². The predicted octanol–water partition coefficient (Wildman–Crippen LogP) is 2.04. The summed E-state index contributed by atoms with van der Waals surface area (Å²) in [5.74, 6) is 0.814. The van der Waals surface area contributed by atoms with Crippen molar-refractivity contribution in [3.05, 3.63) is 41.8 Å². The van der Waals surface area contributed by atoms with Crippen molar-refractivity contribution in [2.75, 3.05) is 41.7 Å². The number of halogens is 1. The molecule has 1 aromatic carbocycles. The van der Waals surface area contributed by atoms with Crippen LogP contribution in [0.5, 0.6) is 0 Å². The number of hydrogen-bond donors (Lipinski definition) is 1. The van der Waals surface area contributed by atoms with E-state index in [1.165, 1.54) is 12.0 Å². The Hall–Kier alpha value is -2.01. The van der Waals surface area contributed by atoms with Gasteiger partial charge in [0.05, 0.1) is 6.20 Å². The van der Waals surface area contributed by atoms with E-state index in [4.69, 9.17) is 17.3 Å². The van der Waals surface area contributed by atoms with Crippen LogP contribution in [-0.2, 0) is 0 Å². The van der Waals surface area contributed by atoms with Gasteiger partial charge in [0.25, 0.3) is 0 Å². The van der Waals surface area contributed by atoms with Gasteiger partial charge in [-0.25, -0.2) is 9.97 Å². The second-order valence-corrected chi connectivity index (χ2v) is 5.17. The lowest BCUT2D eigenvalue weighted by molar-refractivity contribution is 0.647. The summed E-state index contributed by atoms with van der Waals surface area (Å²) < 4.78 is 0. The zero-order chi connectivity index (χ0) is 13.9. The van der Waals surface area contributed by atoms with Crippen LogP contribution < -0.4 is 15.5 Å². The van der Waals surface area contributed by atoms with Gasteiger partial charge in [-0.1, -0.05) is 17.7 Å². The smallest absolute Gasteiger partial charge is 0.150 e. The largest absolute Gasteiger partial charge is 0.399 e. The highest BCUT2D eigenvalue weighted by molar-refractivity contribution is 6.32. The normalized spacial score (nSPS) is 15.4. The molecule has 0 spiro atoms. The molecule has 20 heavy (non-hydrogen) atoms. The first-order valence-corrected chi connectivity index (χ1v) is 6.93. The van der Waals surface area contributed by atoms with Crippen molar-refractivity contribution in [2.45, 2.75) is 0 Å². The number of rotatable bonds is 2. The highest BCUT2D eigenvalue weighted by Crippen LogP contribution is 2.24. The summed E-state index contributed by atoms with van der Waals surface area (Å²) in [4.78, 5) is 12.7. The average molecular weight is 290 g/mol. The molecule has 2 aromatic rings. The van der Waals surface area contributed by atoms with E-state index in [-0.39, 0.29) is 0 Å². The molecule has 0 saturated carbocycles. The lowest BCUT2D eigenvalue weighted by atomic mass is 10.2. The Labute approximate surface area is 123 Å². The molecule has 1 aliphatic rings. The molecule has 1 aliphatic heterocycles. The van der Waals surface area contributed by atoms with Gasteiger partial charge in [0, 0.05) is 37.6 Å². The van der Waals surface area contributed by atoms with Crippen LogP contribution in [0.3, 0.4) is 0 Å². The molecule has 2 heterocycles. The maximum atomic E-state index is 6.13. The first-order valence-electron chi connectivity index (χ1n) is 6.55. The number of nitrogens with zero attached hydrogens (tertiary/aromatic N) is 4. The predicted molar refractivity (Wildman–Crippen MR) is 82.3 cm³/mol. The van der Waals surface area contributed by atoms with E-state index in [1.54, 1.807) is 6.20 Å². The van der Waals surface area contributed by atoms with E-state index >= 15 is 0 Å². The van der Waals surface area contributed by atoms with Gasteiger partial charge in [0.2, 0.25) is 0 Å². The molecular formula is C14H16ClN5. The summed E-state index contributed by atoms with van der Waals surface area (Å²) in [5.41, 5.74) is 7.79. The minimum absolute atomic E-state index is 0.602. The second-order valence-electron chi connectivity index (χ2n) is 4.76. The Morgan fingerprint density at radius 3 is 2.55 bits per heavy atom. The zero-order valence-corrected chi connectivity index (χ0v) is 11.8. The van der Waals surface area contributed by atoms with Crippen LogP contribution in [0.2, 0.25) is 5.02 Å². The summed E-state index contributed by atoms with van der Waals surface area (Å²) >= 11 is 6.13. The van der Waals surface area contributed by atoms with Gasteiger partial charge in [0.15, 0.2) is 5.82 Å². The Bertz CT molecular complexity index is 596. The molecule has 1 saturated heterocycles. The maximum absolute atomic E-state index is 6.13. The van der Waals surface area contributed by atoms with E-state index in [0.29, 0.717) is 5.02 Å². The van der Waals surface area contributed by atoms with Crippen molar-refractivity contribution in [1.82, 2.24) is 9.97 Å². The molecule has 0 aliphatic carbocycles. The standard InChI is InChI=1S/C14H16ClN5/c15-13-9-17-10-18-14(13)20-6-4-19(5-7-20)12-3-1-2-11(16)8-12/h1-3,8-10H,4-7,16H2. The zero-order valence-electron chi connectivity index (χ0n) is 11.0. The van der Waals surface area contributed by atoms with E-state index in [2.05, 4.69) is 25.8 Å². The van der Waals surface area contributed by atoms with E-state index in [9.17, 15) is 0 Å². The van der Waals surface area contributed by atoms with Gasteiger partial charge in [-0.15, -0.1) is 0 Å². The summed E-state index contributed by atoms with van der Waals surface area (Å²) in [5, 5.41) is 0.602. The number of piperazine rings is 1. The molecule has 1 fully saturated rings. The highest BCUT2D eigenvalue weighted by Gasteiger charge is 2.20. The molecule has 104 valence electrons. The number of nitrogens with two attached hydrogens (primary N) is 1. The minimum atomic E-state index is 0.602. The number of aromatic nitrogens is 2. The summed E-state index contributed by atoms with van der Waals surface area (Å²) in [6.07, 6.45) is 3.17. The van der Waals surface area contributed by atoms with Gasteiger partial charge >= 0.3 is 0 Å². The van der Waals surface area contributed by atoms with Crippen molar-refractivity contribution in [1.29, 1.82) is 0 Å². The van der Waals surface area contributed by atoms with Gasteiger partial charge in [-0.05, 0) is 18.2 Å². The van der Waals surface area contributed by atoms with Crippen LogP contribution >= 0.6 is 11.6 Å². The fraction of sp³-hybridized carbons (Fsp3) is 0.286. The minimum Gasteiger partial charge on any atom is -0.399 e. The average Bonchev–Trinajstić information content (AvgIpc) is 2.48. The van der Waals surface area contributed by atoms with Crippen molar-refractivity contribution < 1.29 is 0 Å². The molecular weight excluding hydrogens is 274 g/mol. The SMILES string of the molecule is Nc1cccc(N2CCN(c3ncncc3Cl)CC2)c1. The lowest BCUT2D eigenvalue weighted by Crippen LogP contribution is -2.47. The molecule has 0 radical (unpaired) electrons. The number of benzene rings is 1. The number of nitrogen functional groups attached to an aromatic ring is 1. The molecule has 5 nitrogen and oxygen atoms in total. The van der Waals surface area contributed by atoms with E-state index < -0.39 is 0 Å². The highest BCUT2D eigenvalue weighted by atomic mass is 35.5. The Morgan fingerprint density at radius 1 is 1.10 bits per heavy atom. The lowest BCUT2D eigenvalue weighted by Gasteiger charge is -2.37. The third kappa shape index (κ3) is 2.63. The van der Waals surface area contributed by atoms with E-state index in [0.717, 1.165) is 37.7 Å². The first-order chi connectivity index (χ1) is 9.74. The third-order valence-electron chi connectivity index (χ3n) is 3.46. The first kappa shape index (κ1) is 13.0.